The van der Waals surface area contributed by atoms with Crippen LogP contribution in [-0.4, -0.2) is 108 Å². The molecule has 0 saturated heterocycles. The molecule has 1 aromatic heterocycles. The quantitative estimate of drug-likeness (QED) is 0.0348. The molecule has 0 saturated carbocycles. The molecular formula is C35H29ClCuN9O18S5+5. The van der Waals surface area contributed by atoms with Crippen molar-refractivity contribution >= 4 is 131 Å². The molecule has 0 bridgehead atoms. The third-order valence-electron chi connectivity index (χ3n) is 9.14. The van der Waals surface area contributed by atoms with E-state index >= 15 is 0 Å². The van der Waals surface area contributed by atoms with Crippen molar-refractivity contribution in [1.29, 1.82) is 0 Å². The number of aromatic hydroxyl groups is 1. The summed E-state index contributed by atoms with van der Waals surface area (Å²) in [5, 5.41) is 23.4. The van der Waals surface area contributed by atoms with Gasteiger partial charge in [0.25, 0.3) is 50.6 Å². The molecule has 0 atom stereocenters. The Kier molecular flexibility index (Phi) is 14.1. The maximum Gasteiger partial charge on any atom is 1.00 e. The summed E-state index contributed by atoms with van der Waals surface area (Å²) in [7, 11) is -25.7. The van der Waals surface area contributed by atoms with Gasteiger partial charge in [0.2, 0.25) is 28.7 Å². The molecule has 1 radical (unpaired) electrons. The molecule has 34 heteroatoms. The maximum absolute atomic E-state index is 13.5. The normalized spacial score (nSPS) is 15.2. The Morgan fingerprint density at radius 1 is 0.609 bits per heavy atom. The molecule has 7 rings (SSSR count). The smallest absolute Gasteiger partial charge is 0.505 e. The van der Waals surface area contributed by atoms with Crippen LogP contribution in [0.2, 0.25) is 5.28 Å². The molecule has 0 unspecified atom stereocenters. The van der Waals surface area contributed by atoms with Gasteiger partial charge in [-0.25, -0.2) is 0 Å². The number of benzene rings is 4. The number of aromatic nitrogens is 3. The van der Waals surface area contributed by atoms with E-state index in [1.165, 1.54) is 18.2 Å². The maximum atomic E-state index is 13.5. The zero-order valence-corrected chi connectivity index (χ0v) is 38.9. The van der Waals surface area contributed by atoms with E-state index < -0.39 is 143 Å². The number of carbonyl (C=O) groups excluding carboxylic acids is 2. The zero-order valence-electron chi connectivity index (χ0n) is 38.1. The first-order valence-electron chi connectivity index (χ1n) is 17.8. The molecule has 0 fully saturated rings. The largest absolute Gasteiger partial charge is 1.00 e. The second kappa shape index (κ2) is 18.7. The molecule has 1 heterocycles. The average Bonchev–Trinajstić information content (AvgIpc) is 3.21. The fourth-order valence-electron chi connectivity index (χ4n) is 6.30. The van der Waals surface area contributed by atoms with Crippen molar-refractivity contribution in [3.8, 4) is 5.75 Å². The van der Waals surface area contributed by atoms with Gasteiger partial charge in [0, 0.05) is 45.1 Å². The van der Waals surface area contributed by atoms with Crippen molar-refractivity contribution in [3.05, 3.63) is 106 Å². The number of ketones is 2. The number of hydrogen-bond acceptors (Lipinski definition) is 22. The summed E-state index contributed by atoms with van der Waals surface area (Å²) in [6, 6.07) is 11.0. The van der Waals surface area contributed by atoms with Crippen molar-refractivity contribution in [2.75, 3.05) is 21.5 Å². The van der Waals surface area contributed by atoms with Crippen LogP contribution in [-0.2, 0) is 72.5 Å². The molecule has 10 N–H and O–H groups in total. The van der Waals surface area contributed by atoms with Crippen molar-refractivity contribution < 1.29 is 104 Å². The first kappa shape index (κ1) is 51.8. The molecule has 0 amide bonds. The topological polar surface area (TPSA) is 438 Å². The van der Waals surface area contributed by atoms with Crippen molar-refractivity contribution in [2.24, 2.45) is 10.2 Å². The van der Waals surface area contributed by atoms with Gasteiger partial charge in [-0.1, -0.05) is 18.2 Å². The number of hydrogen-bond donors (Lipinski definition) is 10. The molecule has 69 heavy (non-hydrogen) atoms. The summed E-state index contributed by atoms with van der Waals surface area (Å²) >= 11 is 6.03. The fourth-order valence-corrected chi connectivity index (χ4v) is 9.75. The van der Waals surface area contributed by atoms with E-state index in [9.17, 15) is 79.5 Å². The number of phenols is 1. The van der Waals surface area contributed by atoms with E-state index in [2.05, 4.69) is 46.6 Å². The number of anilines is 6. The van der Waals surface area contributed by atoms with E-state index in [1.54, 1.807) is 0 Å². The van der Waals surface area contributed by atoms with Crippen molar-refractivity contribution in [2.45, 2.75) is 19.6 Å². The van der Waals surface area contributed by atoms with Crippen LogP contribution in [0, 0.1) is 0 Å². The molecule has 2 aliphatic carbocycles. The summed E-state index contributed by atoms with van der Waals surface area (Å²) in [6.07, 6.45) is 2.16. The predicted molar refractivity (Wildman–Crippen MR) is 243 cm³/mol. The van der Waals surface area contributed by atoms with Crippen LogP contribution < -0.4 is 21.5 Å². The van der Waals surface area contributed by atoms with Crippen LogP contribution in [0.15, 0.2) is 109 Å². The second-order valence-electron chi connectivity index (χ2n) is 13.6. The first-order valence-corrected chi connectivity index (χ1v) is 25.4. The number of halogens is 1. The van der Waals surface area contributed by atoms with Gasteiger partial charge in [-0.3, -0.25) is 43.2 Å². The van der Waals surface area contributed by atoms with Gasteiger partial charge in [-0.05, 0) is 78.4 Å². The number of allylic oxidation sites excluding steroid dienone is 2. The summed E-state index contributed by atoms with van der Waals surface area (Å²) < 4.78 is 172. The molecule has 4 aromatic carbocycles. The summed E-state index contributed by atoms with van der Waals surface area (Å²) in [5.41, 5.74) is -1.57. The summed E-state index contributed by atoms with van der Waals surface area (Å²) in [5.74, 6) is -4.15. The van der Waals surface area contributed by atoms with Gasteiger partial charge in [0.15, 0.2) is 0 Å². The molecule has 365 valence electrons. The fraction of sp³-hybridized carbons (Fsp3) is 0. The standard InChI is InChI=1S/C35H24ClN9O18S5.Cu/c36-33-39-34(37-15-3-1-4-17(11-15)64(49,50)51)41-35(40-33)38-16-7-9-21(26(12-16)67(58,59)60)42-45-30-27(68(61,62)63)13-20-18(31(30)47)8-10-23(46)29(20)44-43-22-14-25(66(55,56)57)19-5-2-6-24(65(52,53)54)28(19)32(22)48;/h1-14,42,45,47H,(H,49,50,51)(H,52,53,54)(H,55,56,57)(H,58,59,60)(H,61,62,63)(H2,37,38,39,40,41);/p+5/b43-22?,44-29+;. The number of Topliss-reactive ketones (excluding diaryl/α,β-unsaturated/α-hetero) is 1. The molecule has 0 aliphatic heterocycles. The number of nitrogens with one attached hydrogen (secondary N) is 4. The summed E-state index contributed by atoms with van der Waals surface area (Å²) in [4.78, 5) is 33.6. The number of nitrogens with zero attached hydrogens (tertiary/aromatic N) is 5. The average molecular weight is 1120 g/mol. The third-order valence-corrected chi connectivity index (χ3v) is 13.7. The third kappa shape index (κ3) is 11.2. The van der Waals surface area contributed by atoms with Gasteiger partial charge in [-0.2, -0.15) is 57.0 Å². The van der Waals surface area contributed by atoms with Gasteiger partial charge < -0.3 is 15.7 Å². The Balaban J connectivity index is 0.00000456. The zero-order chi connectivity index (χ0) is 49.9. The second-order valence-corrected chi connectivity index (χ2v) is 20.9. The number of hydrazine groups is 1. The number of phenolic OH excluding ortho intramolecular Hbond substituents is 1. The Morgan fingerprint density at radius 2 is 1.22 bits per heavy atom. The van der Waals surface area contributed by atoms with E-state index in [0.29, 0.717) is 12.1 Å². The van der Waals surface area contributed by atoms with Crippen LogP contribution in [0.25, 0.3) is 11.0 Å². The Bertz CT molecular complexity index is 3820. The molecular weight excluding hydrogens is 1090 g/mol. The van der Waals surface area contributed by atoms with Crippen LogP contribution in [0.5, 0.6) is 5.75 Å². The van der Waals surface area contributed by atoms with E-state index in [4.69, 9.17) is 11.6 Å². The Labute approximate surface area is 410 Å². The monoisotopic (exact) mass is 1120 g/mol. The SMILES string of the molecule is O=C1C=Cc2c(cc(S(=O)(=O)O)c(NNc3ccc(Nc4nc(Cl)nc(Nc5cccc(S(=O)(=O)O)c5)n4)cc3S(=O)(=O)O)c2O)/C1=N\N=C1C=C(S(=O)(=O)O)c2cccc(S(=O)(=O)O)c2C1=O.[Cu].[H+].[H+].[H+].[H+].[H+]. The molecule has 0 spiro atoms. The molecule has 2 aliphatic rings. The van der Waals surface area contributed by atoms with Gasteiger partial charge >= 0.3 is 7.13 Å². The van der Waals surface area contributed by atoms with Crippen LogP contribution in [0.3, 0.4) is 0 Å². The van der Waals surface area contributed by atoms with Crippen LogP contribution in [0.1, 0.15) is 34.2 Å². The molecule has 27 nitrogen and oxygen atoms in total. The van der Waals surface area contributed by atoms with Gasteiger partial charge in [0.1, 0.15) is 42.5 Å². The van der Waals surface area contributed by atoms with E-state index in [-0.39, 0.29) is 47.5 Å². The van der Waals surface area contributed by atoms with Crippen molar-refractivity contribution in [3.63, 3.8) is 0 Å². The van der Waals surface area contributed by atoms with Crippen LogP contribution in [0.4, 0.5) is 34.6 Å². The summed E-state index contributed by atoms with van der Waals surface area (Å²) in [6.45, 7) is 0. The molecule has 5 aromatic rings. The van der Waals surface area contributed by atoms with Gasteiger partial charge in [0.05, 0.1) is 16.1 Å². The van der Waals surface area contributed by atoms with E-state index in [0.717, 1.165) is 54.6 Å². The number of carbonyl (C=O) groups is 2. The van der Waals surface area contributed by atoms with Crippen molar-refractivity contribution in [1.82, 2.24) is 15.0 Å². The predicted octanol–water partition coefficient (Wildman–Crippen LogP) is 3.57. The number of fused-ring (bicyclic) bond motifs is 2. The Morgan fingerprint density at radius 3 is 1.81 bits per heavy atom. The minimum absolute atomic E-state index is 0. The van der Waals surface area contributed by atoms with E-state index in [1.807, 2.05) is 0 Å². The minimum atomic E-state index is -5.45. The van der Waals surface area contributed by atoms with Crippen LogP contribution >= 0.6 is 11.6 Å². The number of rotatable bonds is 13. The first-order chi connectivity index (χ1) is 31.5. The van der Waals surface area contributed by atoms with Gasteiger partial charge in [-0.15, -0.1) is 10.2 Å². The Hall–Kier alpha value is -6.59. The minimum Gasteiger partial charge on any atom is -0.505 e.